The highest BCUT2D eigenvalue weighted by atomic mass is 16.2. The number of carbonyl (C=O) groups excluding carboxylic acids is 2. The van der Waals surface area contributed by atoms with Gasteiger partial charge >= 0.3 is 11.8 Å². The van der Waals surface area contributed by atoms with Crippen LogP contribution < -0.4 is 21.3 Å². The van der Waals surface area contributed by atoms with E-state index >= 15 is 0 Å². The molecular formula is C20H32N6O2. The number of carbonyl (C=O) groups is 2. The Balaban J connectivity index is 1.44. The monoisotopic (exact) mass is 388 g/mol. The van der Waals surface area contributed by atoms with Crippen molar-refractivity contribution >= 4 is 23.5 Å². The van der Waals surface area contributed by atoms with Gasteiger partial charge in [0.2, 0.25) is 5.95 Å². The first-order valence-corrected chi connectivity index (χ1v) is 10.4. The van der Waals surface area contributed by atoms with E-state index in [1.165, 1.54) is 12.8 Å². The van der Waals surface area contributed by atoms with Gasteiger partial charge in [-0.2, -0.15) is 0 Å². The highest BCUT2D eigenvalue weighted by Crippen LogP contribution is 2.27. The van der Waals surface area contributed by atoms with Crippen LogP contribution in [0.15, 0.2) is 12.4 Å². The molecule has 1 aromatic heterocycles. The van der Waals surface area contributed by atoms with Gasteiger partial charge in [-0.05, 0) is 50.4 Å². The largest absolute Gasteiger partial charge is 0.380 e. The van der Waals surface area contributed by atoms with E-state index in [1.54, 1.807) is 0 Å². The number of hydrogen-bond donors (Lipinski definition) is 3. The lowest BCUT2D eigenvalue weighted by atomic mass is 9.87. The molecule has 1 saturated heterocycles. The highest BCUT2D eigenvalue weighted by Gasteiger charge is 2.25. The summed E-state index contributed by atoms with van der Waals surface area (Å²) in [6.07, 6.45) is 9.59. The van der Waals surface area contributed by atoms with Crippen molar-refractivity contribution in [2.24, 2.45) is 17.6 Å². The smallest absolute Gasteiger partial charge is 0.309 e. The number of piperidine rings is 1. The number of nitrogens with two attached hydrogens (primary N) is 1. The van der Waals surface area contributed by atoms with Crippen molar-refractivity contribution in [3.8, 4) is 0 Å². The number of hydrogen-bond acceptors (Lipinski definition) is 6. The molecule has 0 spiro atoms. The Morgan fingerprint density at radius 1 is 1.04 bits per heavy atom. The zero-order chi connectivity index (χ0) is 20.1. The minimum absolute atomic E-state index is 0.0189. The van der Waals surface area contributed by atoms with Crippen molar-refractivity contribution in [3.63, 3.8) is 0 Å². The topological polar surface area (TPSA) is 113 Å². The Labute approximate surface area is 166 Å². The van der Waals surface area contributed by atoms with Crippen LogP contribution in [-0.2, 0) is 9.59 Å². The number of aromatic nitrogens is 2. The first-order chi connectivity index (χ1) is 13.4. The van der Waals surface area contributed by atoms with E-state index in [9.17, 15) is 9.59 Å². The second-order valence-corrected chi connectivity index (χ2v) is 8.37. The maximum absolute atomic E-state index is 11.4. The Hall–Kier alpha value is -2.38. The fourth-order valence-corrected chi connectivity index (χ4v) is 4.20. The van der Waals surface area contributed by atoms with Crippen LogP contribution in [-0.4, -0.2) is 47.0 Å². The summed E-state index contributed by atoms with van der Waals surface area (Å²) in [5, 5.41) is 6.17. The van der Waals surface area contributed by atoms with Crippen molar-refractivity contribution in [1.29, 1.82) is 0 Å². The second kappa shape index (κ2) is 9.21. The minimum Gasteiger partial charge on any atom is -0.380 e. The van der Waals surface area contributed by atoms with Gasteiger partial charge in [0.15, 0.2) is 0 Å². The highest BCUT2D eigenvalue weighted by molar-refractivity contribution is 6.34. The van der Waals surface area contributed by atoms with Crippen LogP contribution in [0.1, 0.15) is 52.4 Å². The van der Waals surface area contributed by atoms with Crippen molar-refractivity contribution in [2.75, 3.05) is 23.3 Å². The van der Waals surface area contributed by atoms with Crippen molar-refractivity contribution in [2.45, 2.75) is 64.5 Å². The van der Waals surface area contributed by atoms with Gasteiger partial charge in [-0.3, -0.25) is 9.59 Å². The molecule has 0 unspecified atom stereocenters. The molecular weight excluding hydrogens is 356 g/mol. The molecule has 28 heavy (non-hydrogen) atoms. The van der Waals surface area contributed by atoms with Crippen LogP contribution in [0.5, 0.6) is 0 Å². The van der Waals surface area contributed by atoms with Crippen LogP contribution in [0.25, 0.3) is 0 Å². The lowest BCUT2D eigenvalue weighted by Gasteiger charge is -2.34. The summed E-state index contributed by atoms with van der Waals surface area (Å²) in [7, 11) is 0. The van der Waals surface area contributed by atoms with E-state index in [0.29, 0.717) is 6.04 Å². The summed E-state index contributed by atoms with van der Waals surface area (Å²) in [4.78, 5) is 33.6. The Morgan fingerprint density at radius 3 is 2.14 bits per heavy atom. The molecule has 3 rings (SSSR count). The third-order valence-electron chi connectivity index (χ3n) is 6.06. The van der Waals surface area contributed by atoms with Crippen molar-refractivity contribution < 1.29 is 9.59 Å². The zero-order valence-corrected chi connectivity index (χ0v) is 16.9. The van der Waals surface area contributed by atoms with Gasteiger partial charge in [-0.15, -0.1) is 0 Å². The molecule has 8 nitrogen and oxygen atoms in total. The fraction of sp³-hybridized carbons (Fsp3) is 0.700. The van der Waals surface area contributed by atoms with E-state index in [0.717, 1.165) is 62.2 Å². The molecule has 0 radical (unpaired) electrons. The normalized spacial score (nSPS) is 23.5. The minimum atomic E-state index is -0.925. The summed E-state index contributed by atoms with van der Waals surface area (Å²) in [6.45, 7) is 6.65. The first-order valence-electron chi connectivity index (χ1n) is 10.4. The van der Waals surface area contributed by atoms with E-state index in [-0.39, 0.29) is 6.04 Å². The Kier molecular flexibility index (Phi) is 6.70. The molecule has 0 bridgehead atoms. The molecule has 2 fully saturated rings. The third-order valence-corrected chi connectivity index (χ3v) is 6.06. The number of nitrogens with one attached hydrogen (secondary N) is 2. The SMILES string of the molecule is CC(C)C1CCN(c2ncc(NC3CCC(NC(=O)C(N)=O)CC3)cn2)CC1. The fourth-order valence-electron chi connectivity index (χ4n) is 4.20. The maximum atomic E-state index is 11.4. The molecule has 0 aromatic carbocycles. The van der Waals surface area contributed by atoms with Gasteiger partial charge < -0.3 is 21.3 Å². The molecule has 2 heterocycles. The molecule has 1 saturated carbocycles. The lowest BCUT2D eigenvalue weighted by Crippen LogP contribution is -2.45. The predicted molar refractivity (Wildman–Crippen MR) is 109 cm³/mol. The molecule has 4 N–H and O–H groups in total. The van der Waals surface area contributed by atoms with Crippen LogP contribution >= 0.6 is 0 Å². The van der Waals surface area contributed by atoms with E-state index in [4.69, 9.17) is 5.73 Å². The third kappa shape index (κ3) is 5.33. The molecule has 1 aliphatic heterocycles. The summed E-state index contributed by atoms with van der Waals surface area (Å²) in [5.74, 6) is 0.739. The molecule has 1 aromatic rings. The lowest BCUT2D eigenvalue weighted by molar-refractivity contribution is -0.137. The molecule has 8 heteroatoms. The van der Waals surface area contributed by atoms with Crippen LogP contribution in [0.4, 0.5) is 11.6 Å². The van der Waals surface area contributed by atoms with Crippen LogP contribution in [0, 0.1) is 11.8 Å². The van der Waals surface area contributed by atoms with E-state index in [2.05, 4.69) is 39.3 Å². The standard InChI is InChI=1S/C20H32N6O2/c1-13(2)14-7-9-26(10-8-14)20-22-11-17(12-23-20)24-15-3-5-16(6-4-15)25-19(28)18(21)27/h11-16,24H,3-10H2,1-2H3,(H2,21,27)(H,25,28). The van der Waals surface area contributed by atoms with Gasteiger partial charge in [0, 0.05) is 25.2 Å². The molecule has 2 aliphatic rings. The van der Waals surface area contributed by atoms with Crippen LogP contribution in [0.2, 0.25) is 0 Å². The number of nitrogens with zero attached hydrogens (tertiary/aromatic N) is 3. The van der Waals surface area contributed by atoms with Gasteiger partial charge in [0.05, 0.1) is 18.1 Å². The zero-order valence-electron chi connectivity index (χ0n) is 16.9. The second-order valence-electron chi connectivity index (χ2n) is 8.37. The number of primary amides is 1. The van der Waals surface area contributed by atoms with Crippen molar-refractivity contribution in [3.05, 3.63) is 12.4 Å². The first kappa shape index (κ1) is 20.4. The number of rotatable bonds is 5. The average molecular weight is 389 g/mol. The quantitative estimate of drug-likeness (QED) is 0.661. The summed E-state index contributed by atoms with van der Waals surface area (Å²) in [6, 6.07) is 0.336. The van der Waals surface area contributed by atoms with Crippen LogP contribution in [0.3, 0.4) is 0 Å². The maximum Gasteiger partial charge on any atom is 0.309 e. The molecule has 2 amide bonds. The Morgan fingerprint density at radius 2 is 1.61 bits per heavy atom. The van der Waals surface area contributed by atoms with Crippen molar-refractivity contribution in [1.82, 2.24) is 15.3 Å². The predicted octanol–water partition coefficient (Wildman–Crippen LogP) is 1.67. The number of anilines is 2. The molecule has 1 aliphatic carbocycles. The number of amides is 2. The summed E-state index contributed by atoms with van der Waals surface area (Å²) in [5.41, 5.74) is 5.91. The molecule has 154 valence electrons. The summed E-state index contributed by atoms with van der Waals surface area (Å²) >= 11 is 0. The molecule has 0 atom stereocenters. The van der Waals surface area contributed by atoms with Gasteiger partial charge in [-0.1, -0.05) is 13.8 Å². The van der Waals surface area contributed by atoms with Gasteiger partial charge in [0.25, 0.3) is 0 Å². The van der Waals surface area contributed by atoms with Gasteiger partial charge in [-0.25, -0.2) is 9.97 Å². The average Bonchev–Trinajstić information content (AvgIpc) is 2.70. The summed E-state index contributed by atoms with van der Waals surface area (Å²) < 4.78 is 0. The van der Waals surface area contributed by atoms with E-state index in [1.807, 2.05) is 12.4 Å². The van der Waals surface area contributed by atoms with E-state index < -0.39 is 11.8 Å². The Bertz CT molecular complexity index is 662. The van der Waals surface area contributed by atoms with Gasteiger partial charge in [0.1, 0.15) is 0 Å².